The third kappa shape index (κ3) is 2.73. The van der Waals surface area contributed by atoms with E-state index in [1.54, 1.807) is 6.20 Å². The fourth-order valence-electron chi connectivity index (χ4n) is 3.39. The zero-order valence-corrected chi connectivity index (χ0v) is 14.3. The number of aryl methyl sites for hydroxylation is 2. The largest absolute Gasteiger partial charge is 0.380 e. The highest BCUT2D eigenvalue weighted by Gasteiger charge is 2.19. The van der Waals surface area contributed by atoms with Gasteiger partial charge in [0.05, 0.1) is 11.9 Å². The fraction of sp³-hybridized carbons (Fsp3) is 0.136. The molecule has 1 aromatic heterocycles. The van der Waals surface area contributed by atoms with Crippen LogP contribution in [0.1, 0.15) is 28.6 Å². The molecule has 0 bridgehead atoms. The van der Waals surface area contributed by atoms with Crippen LogP contribution in [-0.4, -0.2) is 15.1 Å². The number of H-pyrrole nitrogens is 1. The maximum Gasteiger partial charge on any atom is 0.140 e. The first-order valence-corrected chi connectivity index (χ1v) is 8.42. The summed E-state index contributed by atoms with van der Waals surface area (Å²) < 4.78 is 0. The van der Waals surface area contributed by atoms with E-state index in [2.05, 4.69) is 41.2 Å². The van der Waals surface area contributed by atoms with Crippen molar-refractivity contribution in [2.45, 2.75) is 20.0 Å². The Morgan fingerprint density at radius 1 is 0.880 bits per heavy atom. The summed E-state index contributed by atoms with van der Waals surface area (Å²) in [6.45, 7) is 4.09. The Morgan fingerprint density at radius 2 is 1.64 bits per heavy atom. The number of aliphatic hydroxyl groups is 1. The first-order chi connectivity index (χ1) is 12.1. The highest BCUT2D eigenvalue weighted by Crippen LogP contribution is 2.32. The van der Waals surface area contributed by atoms with Crippen LogP contribution in [0.15, 0.2) is 66.9 Å². The maximum atomic E-state index is 11.0. The van der Waals surface area contributed by atoms with Gasteiger partial charge in [0, 0.05) is 5.56 Å². The Labute approximate surface area is 147 Å². The highest BCUT2D eigenvalue weighted by atomic mass is 16.3. The molecule has 1 unspecified atom stereocenters. The van der Waals surface area contributed by atoms with Gasteiger partial charge < -0.3 is 10.1 Å². The van der Waals surface area contributed by atoms with Crippen molar-refractivity contribution in [2.75, 3.05) is 0 Å². The van der Waals surface area contributed by atoms with Crippen LogP contribution in [-0.2, 0) is 0 Å². The number of fused-ring (bicyclic) bond motifs is 1. The molecule has 0 radical (unpaired) electrons. The molecule has 0 saturated heterocycles. The molecule has 2 N–H and O–H groups in total. The average molecular weight is 328 g/mol. The Kier molecular flexibility index (Phi) is 3.86. The number of aliphatic hydroxyl groups excluding tert-OH is 1. The lowest BCUT2D eigenvalue weighted by molar-refractivity contribution is 0.212. The van der Waals surface area contributed by atoms with Crippen molar-refractivity contribution >= 4 is 10.8 Å². The van der Waals surface area contributed by atoms with E-state index in [0.29, 0.717) is 5.82 Å². The SMILES string of the molecule is Cc1ccccc1-c1cnc(C(O)c2c(C)ccc3ccccc23)[nH]1. The van der Waals surface area contributed by atoms with Gasteiger partial charge in [-0.1, -0.05) is 60.7 Å². The minimum atomic E-state index is -0.788. The summed E-state index contributed by atoms with van der Waals surface area (Å²) in [5.74, 6) is 0.567. The van der Waals surface area contributed by atoms with Crippen molar-refractivity contribution in [1.82, 2.24) is 9.97 Å². The molecule has 1 heterocycles. The molecule has 3 heteroatoms. The topological polar surface area (TPSA) is 48.9 Å². The Balaban J connectivity index is 1.80. The second-order valence-electron chi connectivity index (χ2n) is 6.42. The Morgan fingerprint density at radius 3 is 2.48 bits per heavy atom. The van der Waals surface area contributed by atoms with Gasteiger partial charge in [-0.2, -0.15) is 0 Å². The molecule has 4 rings (SSSR count). The zero-order valence-electron chi connectivity index (χ0n) is 14.3. The fourth-order valence-corrected chi connectivity index (χ4v) is 3.39. The lowest BCUT2D eigenvalue weighted by Crippen LogP contribution is -2.05. The standard InChI is InChI=1S/C22H20N2O/c1-14-7-3-5-9-17(14)19-13-23-22(24-19)21(25)20-15(2)11-12-16-8-4-6-10-18(16)20/h3-13,21,25H,1-2H3,(H,23,24). The lowest BCUT2D eigenvalue weighted by Gasteiger charge is -2.15. The summed E-state index contributed by atoms with van der Waals surface area (Å²) in [6, 6.07) is 20.4. The van der Waals surface area contributed by atoms with E-state index in [9.17, 15) is 5.11 Å². The smallest absolute Gasteiger partial charge is 0.140 e. The normalized spacial score (nSPS) is 12.4. The monoisotopic (exact) mass is 328 g/mol. The van der Waals surface area contributed by atoms with Gasteiger partial charge in [0.25, 0.3) is 0 Å². The molecule has 4 aromatic rings. The number of hydrogen-bond acceptors (Lipinski definition) is 2. The number of aromatic amines is 1. The summed E-state index contributed by atoms with van der Waals surface area (Å²) in [4.78, 5) is 7.75. The third-order valence-corrected chi connectivity index (χ3v) is 4.75. The van der Waals surface area contributed by atoms with Gasteiger partial charge in [-0.05, 0) is 41.3 Å². The predicted molar refractivity (Wildman–Crippen MR) is 102 cm³/mol. The quantitative estimate of drug-likeness (QED) is 0.560. The van der Waals surface area contributed by atoms with E-state index in [1.165, 1.54) is 5.56 Å². The van der Waals surface area contributed by atoms with Crippen LogP contribution in [0.2, 0.25) is 0 Å². The van der Waals surface area contributed by atoms with Crippen molar-refractivity contribution in [1.29, 1.82) is 0 Å². The molecular formula is C22H20N2O. The first-order valence-electron chi connectivity index (χ1n) is 8.42. The number of nitrogens with one attached hydrogen (secondary N) is 1. The molecule has 1 atom stereocenters. The van der Waals surface area contributed by atoms with Crippen molar-refractivity contribution < 1.29 is 5.11 Å². The third-order valence-electron chi connectivity index (χ3n) is 4.75. The van der Waals surface area contributed by atoms with Crippen molar-refractivity contribution in [2.24, 2.45) is 0 Å². The van der Waals surface area contributed by atoms with Crippen LogP contribution in [0.25, 0.3) is 22.0 Å². The average Bonchev–Trinajstić information content (AvgIpc) is 3.11. The van der Waals surface area contributed by atoms with Crippen molar-refractivity contribution in [3.8, 4) is 11.3 Å². The number of rotatable bonds is 3. The van der Waals surface area contributed by atoms with E-state index in [0.717, 1.165) is 33.2 Å². The minimum Gasteiger partial charge on any atom is -0.380 e. The molecule has 0 amide bonds. The van der Waals surface area contributed by atoms with Gasteiger partial charge in [-0.3, -0.25) is 0 Å². The van der Waals surface area contributed by atoms with E-state index in [-0.39, 0.29) is 0 Å². The molecule has 0 aliphatic carbocycles. The van der Waals surface area contributed by atoms with Gasteiger partial charge in [0.2, 0.25) is 0 Å². The van der Waals surface area contributed by atoms with Gasteiger partial charge in [-0.25, -0.2) is 4.98 Å². The summed E-state index contributed by atoms with van der Waals surface area (Å²) in [5, 5.41) is 13.2. The number of hydrogen-bond donors (Lipinski definition) is 2. The predicted octanol–water partition coefficient (Wildman–Crippen LogP) is 4.93. The number of imidazole rings is 1. The molecule has 3 nitrogen and oxygen atoms in total. The van der Waals surface area contributed by atoms with Crippen molar-refractivity contribution in [3.63, 3.8) is 0 Å². The molecule has 0 aliphatic rings. The van der Waals surface area contributed by atoms with E-state index in [1.807, 2.05) is 43.3 Å². The second kappa shape index (κ2) is 6.19. The van der Waals surface area contributed by atoms with Crippen molar-refractivity contribution in [3.05, 3.63) is 89.4 Å². The van der Waals surface area contributed by atoms with Gasteiger partial charge in [-0.15, -0.1) is 0 Å². The summed E-state index contributed by atoms with van der Waals surface area (Å²) in [6.07, 6.45) is 1.00. The van der Waals surface area contributed by atoms with Crippen LogP contribution in [0, 0.1) is 13.8 Å². The Hall–Kier alpha value is -2.91. The molecule has 0 saturated carbocycles. The molecular weight excluding hydrogens is 308 g/mol. The van der Waals surface area contributed by atoms with Crippen LogP contribution in [0.3, 0.4) is 0 Å². The molecule has 0 aliphatic heterocycles. The minimum absolute atomic E-state index is 0.567. The highest BCUT2D eigenvalue weighted by molar-refractivity contribution is 5.87. The number of nitrogens with zero attached hydrogens (tertiary/aromatic N) is 1. The first kappa shape index (κ1) is 15.6. The van der Waals surface area contributed by atoms with Gasteiger partial charge >= 0.3 is 0 Å². The molecule has 0 fully saturated rings. The van der Waals surface area contributed by atoms with Gasteiger partial charge in [0.1, 0.15) is 11.9 Å². The zero-order chi connectivity index (χ0) is 17.4. The van der Waals surface area contributed by atoms with E-state index < -0.39 is 6.10 Å². The number of aromatic nitrogens is 2. The number of benzene rings is 3. The van der Waals surface area contributed by atoms with E-state index in [4.69, 9.17) is 0 Å². The molecule has 3 aromatic carbocycles. The van der Waals surface area contributed by atoms with Crippen LogP contribution < -0.4 is 0 Å². The molecule has 0 spiro atoms. The van der Waals surface area contributed by atoms with Crippen LogP contribution >= 0.6 is 0 Å². The van der Waals surface area contributed by atoms with E-state index >= 15 is 0 Å². The lowest BCUT2D eigenvalue weighted by atomic mass is 9.95. The van der Waals surface area contributed by atoms with Gasteiger partial charge in [0.15, 0.2) is 0 Å². The molecule has 25 heavy (non-hydrogen) atoms. The summed E-state index contributed by atoms with van der Waals surface area (Å²) >= 11 is 0. The second-order valence-corrected chi connectivity index (χ2v) is 6.42. The molecule has 124 valence electrons. The summed E-state index contributed by atoms with van der Waals surface area (Å²) in [7, 11) is 0. The van der Waals surface area contributed by atoms with Crippen LogP contribution in [0.5, 0.6) is 0 Å². The maximum absolute atomic E-state index is 11.0. The summed E-state index contributed by atoms with van der Waals surface area (Å²) in [5.41, 5.74) is 5.16. The van der Waals surface area contributed by atoms with Crippen LogP contribution in [0.4, 0.5) is 0 Å². The Bertz CT molecular complexity index is 1050.